The number of phenols is 1. The maximum absolute atomic E-state index is 13.0. The summed E-state index contributed by atoms with van der Waals surface area (Å²) in [6.45, 7) is 0. The van der Waals surface area contributed by atoms with Crippen LogP contribution in [0.1, 0.15) is 29.6 Å². The molecule has 1 aliphatic rings. The van der Waals surface area contributed by atoms with Crippen LogP contribution in [0.2, 0.25) is 0 Å². The lowest BCUT2D eigenvalue weighted by Gasteiger charge is -2.41. The summed E-state index contributed by atoms with van der Waals surface area (Å²) in [5.74, 6) is -0.939. The number of carbonyl (C=O) groups excluding carboxylic acids is 1. The van der Waals surface area contributed by atoms with Gasteiger partial charge in [-0.05, 0) is 37.5 Å². The molecule has 5 heteroatoms. The highest BCUT2D eigenvalue weighted by molar-refractivity contribution is 6.19. The first kappa shape index (κ1) is 12.2. The molecule has 17 heavy (non-hydrogen) atoms. The van der Waals surface area contributed by atoms with E-state index in [9.17, 15) is 14.3 Å². The van der Waals surface area contributed by atoms with Crippen LogP contribution in [0.4, 0.5) is 4.39 Å². The predicted molar refractivity (Wildman–Crippen MR) is 62.8 cm³/mol. The van der Waals surface area contributed by atoms with Crippen molar-refractivity contribution < 1.29 is 14.3 Å². The van der Waals surface area contributed by atoms with Crippen LogP contribution >= 0.6 is 11.6 Å². The summed E-state index contributed by atoms with van der Waals surface area (Å²) in [7, 11) is 0. The molecule has 0 saturated heterocycles. The number of nitrogens with one attached hydrogen (secondary N) is 1. The predicted octanol–water partition coefficient (Wildman–Crippen LogP) is 2.42. The van der Waals surface area contributed by atoms with Crippen LogP contribution in [0.15, 0.2) is 18.2 Å². The summed E-state index contributed by atoms with van der Waals surface area (Å²) in [4.78, 5) is 11.9. The fourth-order valence-corrected chi connectivity index (χ4v) is 2.23. The second-order valence-corrected chi connectivity index (χ2v) is 4.65. The summed E-state index contributed by atoms with van der Waals surface area (Å²) in [5.41, 5.74) is -0.446. The molecule has 0 heterocycles. The van der Waals surface area contributed by atoms with Crippen LogP contribution in [0.5, 0.6) is 5.75 Å². The van der Waals surface area contributed by atoms with Crippen molar-refractivity contribution in [1.29, 1.82) is 0 Å². The number of hydrogen-bond acceptors (Lipinski definition) is 2. The largest absolute Gasteiger partial charge is 0.507 e. The Bertz CT molecular complexity index is 441. The van der Waals surface area contributed by atoms with Crippen molar-refractivity contribution in [2.24, 2.45) is 0 Å². The van der Waals surface area contributed by atoms with Crippen molar-refractivity contribution >= 4 is 17.5 Å². The van der Waals surface area contributed by atoms with Gasteiger partial charge in [-0.3, -0.25) is 4.79 Å². The molecule has 2 N–H and O–H groups in total. The van der Waals surface area contributed by atoms with Gasteiger partial charge >= 0.3 is 0 Å². The summed E-state index contributed by atoms with van der Waals surface area (Å²) >= 11 is 5.81. The van der Waals surface area contributed by atoms with Gasteiger partial charge in [-0.1, -0.05) is 0 Å². The van der Waals surface area contributed by atoms with Crippen LogP contribution in [0, 0.1) is 5.82 Å². The average Bonchev–Trinajstić information content (AvgIpc) is 2.26. The number of benzene rings is 1. The normalized spacial score (nSPS) is 17.3. The van der Waals surface area contributed by atoms with E-state index in [1.807, 2.05) is 0 Å². The van der Waals surface area contributed by atoms with Crippen LogP contribution in [0.25, 0.3) is 0 Å². The Morgan fingerprint density at radius 3 is 2.76 bits per heavy atom. The molecule has 1 fully saturated rings. The molecule has 0 spiro atoms. The third-order valence-electron chi connectivity index (χ3n) is 3.15. The van der Waals surface area contributed by atoms with Gasteiger partial charge in [0.25, 0.3) is 5.91 Å². The number of rotatable bonds is 3. The van der Waals surface area contributed by atoms with E-state index in [1.165, 1.54) is 6.07 Å². The van der Waals surface area contributed by atoms with Crippen LogP contribution in [-0.4, -0.2) is 22.4 Å². The van der Waals surface area contributed by atoms with Gasteiger partial charge in [0.05, 0.1) is 11.1 Å². The van der Waals surface area contributed by atoms with Crippen molar-refractivity contribution in [2.45, 2.75) is 24.8 Å². The standard InChI is InChI=1S/C12H13ClFNO2/c13-7-12(4-1-5-12)15-11(17)9-6-8(14)2-3-10(9)16/h2-3,6,16H,1,4-5,7H2,(H,15,17). The molecule has 0 unspecified atom stereocenters. The molecule has 92 valence electrons. The molecule has 0 atom stereocenters. The molecular formula is C12H13ClFNO2. The Balaban J connectivity index is 2.17. The minimum atomic E-state index is -0.554. The van der Waals surface area contributed by atoms with E-state index in [0.29, 0.717) is 5.88 Å². The Morgan fingerprint density at radius 2 is 2.24 bits per heavy atom. The monoisotopic (exact) mass is 257 g/mol. The van der Waals surface area contributed by atoms with E-state index < -0.39 is 17.3 Å². The zero-order valence-corrected chi connectivity index (χ0v) is 9.93. The molecule has 1 aliphatic carbocycles. The molecule has 1 amide bonds. The quantitative estimate of drug-likeness (QED) is 0.817. The maximum Gasteiger partial charge on any atom is 0.255 e. The van der Waals surface area contributed by atoms with Gasteiger partial charge in [0, 0.05) is 5.88 Å². The first-order chi connectivity index (χ1) is 8.06. The zero-order chi connectivity index (χ0) is 12.5. The van der Waals surface area contributed by atoms with Crippen molar-refractivity contribution in [3.8, 4) is 5.75 Å². The van der Waals surface area contributed by atoms with Gasteiger partial charge in [0.1, 0.15) is 11.6 Å². The highest BCUT2D eigenvalue weighted by Gasteiger charge is 2.38. The minimum Gasteiger partial charge on any atom is -0.507 e. The average molecular weight is 258 g/mol. The lowest BCUT2D eigenvalue weighted by Crippen LogP contribution is -2.55. The second-order valence-electron chi connectivity index (χ2n) is 4.38. The maximum atomic E-state index is 13.0. The van der Waals surface area contributed by atoms with E-state index in [1.54, 1.807) is 0 Å². The fourth-order valence-electron chi connectivity index (χ4n) is 1.89. The van der Waals surface area contributed by atoms with Gasteiger partial charge in [-0.25, -0.2) is 4.39 Å². The molecular weight excluding hydrogens is 245 g/mol. The van der Waals surface area contributed by atoms with Crippen molar-refractivity contribution in [2.75, 3.05) is 5.88 Å². The molecule has 1 aromatic carbocycles. The summed E-state index contributed by atoms with van der Waals surface area (Å²) in [5, 5.41) is 12.3. The van der Waals surface area contributed by atoms with Crippen LogP contribution in [0.3, 0.4) is 0 Å². The Morgan fingerprint density at radius 1 is 1.53 bits per heavy atom. The first-order valence-electron chi connectivity index (χ1n) is 5.43. The third-order valence-corrected chi connectivity index (χ3v) is 3.66. The number of hydrogen-bond donors (Lipinski definition) is 2. The van der Waals surface area contributed by atoms with Gasteiger partial charge in [0.15, 0.2) is 0 Å². The first-order valence-corrected chi connectivity index (χ1v) is 5.97. The molecule has 1 aromatic rings. The lowest BCUT2D eigenvalue weighted by molar-refractivity contribution is 0.0850. The van der Waals surface area contributed by atoms with Crippen molar-refractivity contribution in [3.05, 3.63) is 29.6 Å². The molecule has 0 aliphatic heterocycles. The van der Waals surface area contributed by atoms with Gasteiger partial charge in [-0.15, -0.1) is 11.6 Å². The van der Waals surface area contributed by atoms with Crippen LogP contribution < -0.4 is 5.32 Å². The zero-order valence-electron chi connectivity index (χ0n) is 9.17. The topological polar surface area (TPSA) is 49.3 Å². The summed E-state index contributed by atoms with van der Waals surface area (Å²) in [6, 6.07) is 3.29. The van der Waals surface area contributed by atoms with Gasteiger partial charge in [-0.2, -0.15) is 0 Å². The number of phenolic OH excluding ortho intramolecular Hbond substituents is 1. The molecule has 0 radical (unpaired) electrons. The lowest BCUT2D eigenvalue weighted by atomic mass is 9.78. The molecule has 0 aromatic heterocycles. The van der Waals surface area contributed by atoms with Gasteiger partial charge in [0.2, 0.25) is 0 Å². The van der Waals surface area contributed by atoms with E-state index >= 15 is 0 Å². The third kappa shape index (κ3) is 2.36. The molecule has 0 bridgehead atoms. The smallest absolute Gasteiger partial charge is 0.255 e. The molecule has 1 saturated carbocycles. The highest BCUT2D eigenvalue weighted by Crippen LogP contribution is 2.33. The number of carbonyl (C=O) groups is 1. The number of halogens is 2. The van der Waals surface area contributed by atoms with Crippen molar-refractivity contribution in [1.82, 2.24) is 5.32 Å². The van der Waals surface area contributed by atoms with E-state index in [0.717, 1.165) is 31.4 Å². The SMILES string of the molecule is O=C(NC1(CCl)CCC1)c1cc(F)ccc1O. The Labute approximate surface area is 104 Å². The number of alkyl halides is 1. The summed E-state index contributed by atoms with van der Waals surface area (Å²) in [6.07, 6.45) is 2.65. The van der Waals surface area contributed by atoms with E-state index in [-0.39, 0.29) is 11.3 Å². The molecule has 2 rings (SSSR count). The fraction of sp³-hybridized carbons (Fsp3) is 0.417. The summed E-state index contributed by atoms with van der Waals surface area (Å²) < 4.78 is 13.0. The van der Waals surface area contributed by atoms with Gasteiger partial charge < -0.3 is 10.4 Å². The van der Waals surface area contributed by atoms with E-state index in [2.05, 4.69) is 5.32 Å². The number of aromatic hydroxyl groups is 1. The van der Waals surface area contributed by atoms with Crippen LogP contribution in [-0.2, 0) is 0 Å². The number of amides is 1. The Kier molecular flexibility index (Phi) is 3.24. The van der Waals surface area contributed by atoms with Crippen molar-refractivity contribution in [3.63, 3.8) is 0 Å². The minimum absolute atomic E-state index is 0.0543. The Hall–Kier alpha value is -1.29. The molecule has 3 nitrogen and oxygen atoms in total. The second kappa shape index (κ2) is 4.53. The highest BCUT2D eigenvalue weighted by atomic mass is 35.5. The van der Waals surface area contributed by atoms with E-state index in [4.69, 9.17) is 11.6 Å².